The number of benzene rings is 2. The number of anilines is 1. The fraction of sp³-hybridized carbons (Fsp3) is 0.300. The lowest BCUT2D eigenvalue weighted by Gasteiger charge is -2.11. The summed E-state index contributed by atoms with van der Waals surface area (Å²) in [7, 11) is -1.58. The van der Waals surface area contributed by atoms with Crippen molar-refractivity contribution in [3.05, 3.63) is 64.7 Å². The average Bonchev–Trinajstić information content (AvgIpc) is 3.39. The lowest BCUT2D eigenvalue weighted by Crippen LogP contribution is -2.27. The Kier molecular flexibility index (Phi) is 3.67. The van der Waals surface area contributed by atoms with E-state index in [1.54, 1.807) is 42.3 Å². The Morgan fingerprint density at radius 2 is 1.69 bits per heavy atom. The second-order valence-corrected chi connectivity index (χ2v) is 9.20. The van der Waals surface area contributed by atoms with Crippen molar-refractivity contribution in [2.45, 2.75) is 29.8 Å². The molecule has 0 saturated heterocycles. The molecule has 0 N–H and O–H groups in total. The van der Waals surface area contributed by atoms with Crippen molar-refractivity contribution in [2.75, 3.05) is 11.9 Å². The van der Waals surface area contributed by atoms with Gasteiger partial charge in [-0.3, -0.25) is 4.79 Å². The molecular formula is C20H18N2O3S. The third kappa shape index (κ3) is 2.69. The van der Waals surface area contributed by atoms with Crippen LogP contribution in [0.15, 0.2) is 42.5 Å². The van der Waals surface area contributed by atoms with E-state index in [9.17, 15) is 13.2 Å². The molecule has 132 valence electrons. The largest absolute Gasteiger partial charge is 0.314 e. The minimum Gasteiger partial charge on any atom is -0.314 e. The van der Waals surface area contributed by atoms with Crippen LogP contribution in [0.3, 0.4) is 0 Å². The molecule has 0 atom stereocenters. The first-order valence-electron chi connectivity index (χ1n) is 8.46. The highest BCUT2D eigenvalue weighted by molar-refractivity contribution is 7.89. The molecular weight excluding hydrogens is 348 g/mol. The molecule has 1 aliphatic carbocycles. The number of sulfone groups is 1. The maximum absolute atomic E-state index is 12.6. The van der Waals surface area contributed by atoms with Crippen LogP contribution in [0, 0.1) is 11.3 Å². The van der Waals surface area contributed by atoms with Crippen molar-refractivity contribution < 1.29 is 13.2 Å². The summed E-state index contributed by atoms with van der Waals surface area (Å²) in [4.78, 5) is 14.1. The van der Waals surface area contributed by atoms with E-state index in [2.05, 4.69) is 0 Å². The van der Waals surface area contributed by atoms with E-state index in [0.717, 1.165) is 24.1 Å². The zero-order valence-electron chi connectivity index (χ0n) is 14.4. The third-order valence-corrected chi connectivity index (χ3v) is 6.80. The van der Waals surface area contributed by atoms with Gasteiger partial charge in [-0.15, -0.1) is 0 Å². The summed E-state index contributed by atoms with van der Waals surface area (Å²) >= 11 is 0. The van der Waals surface area contributed by atoms with Crippen LogP contribution < -0.4 is 4.90 Å². The molecule has 1 fully saturated rings. The monoisotopic (exact) mass is 366 g/mol. The molecule has 1 heterocycles. The summed E-state index contributed by atoms with van der Waals surface area (Å²) in [5.74, 6) is -0.0151. The first-order chi connectivity index (χ1) is 12.3. The molecule has 2 aliphatic rings. The Morgan fingerprint density at radius 3 is 2.31 bits per heavy atom. The normalized spacial score (nSPS) is 17.2. The molecule has 2 aromatic carbocycles. The van der Waals surface area contributed by atoms with Gasteiger partial charge in [0.05, 0.1) is 28.6 Å². The summed E-state index contributed by atoms with van der Waals surface area (Å²) in [5, 5.41) is 8.82. The number of rotatable bonds is 4. The summed E-state index contributed by atoms with van der Waals surface area (Å²) in [6, 6.07) is 14.1. The van der Waals surface area contributed by atoms with Crippen molar-refractivity contribution in [2.24, 2.45) is 0 Å². The Balaban J connectivity index is 1.57. The van der Waals surface area contributed by atoms with E-state index in [4.69, 9.17) is 5.26 Å². The number of carbonyl (C=O) groups is 1. The van der Waals surface area contributed by atoms with Gasteiger partial charge in [0.2, 0.25) is 5.91 Å². The number of carbonyl (C=O) groups excluding carboxylic acids is 1. The number of amides is 1. The Hall–Kier alpha value is -2.65. The Bertz CT molecular complexity index is 1050. The highest BCUT2D eigenvalue weighted by Gasteiger charge is 2.58. The molecule has 2 aromatic rings. The second kappa shape index (κ2) is 5.68. The summed E-state index contributed by atoms with van der Waals surface area (Å²) in [6.07, 6.45) is 1.68. The van der Waals surface area contributed by atoms with Crippen LogP contribution in [0.1, 0.15) is 35.1 Å². The quantitative estimate of drug-likeness (QED) is 0.833. The zero-order valence-corrected chi connectivity index (χ0v) is 15.2. The number of likely N-dealkylation sites (N-methyl/N-ethyl adjacent to an activating group) is 1. The van der Waals surface area contributed by atoms with Gasteiger partial charge in [-0.05, 0) is 47.7 Å². The fourth-order valence-corrected chi connectivity index (χ4v) is 5.23. The van der Waals surface area contributed by atoms with Crippen LogP contribution in [0.4, 0.5) is 5.69 Å². The van der Waals surface area contributed by atoms with E-state index in [1.165, 1.54) is 0 Å². The number of hydrogen-bond acceptors (Lipinski definition) is 4. The molecule has 0 aromatic heterocycles. The SMILES string of the molecule is CN1C(=O)C2(CC2)c2cc(CS(=O)(=O)Cc3ccc(C#N)cc3)ccc21. The van der Waals surface area contributed by atoms with Crippen LogP contribution >= 0.6 is 0 Å². The fourth-order valence-electron chi connectivity index (χ4n) is 3.74. The molecule has 26 heavy (non-hydrogen) atoms. The van der Waals surface area contributed by atoms with Crippen LogP contribution in [0.5, 0.6) is 0 Å². The maximum Gasteiger partial charge on any atom is 0.237 e. The van der Waals surface area contributed by atoms with Gasteiger partial charge in [0.15, 0.2) is 9.84 Å². The predicted octanol–water partition coefficient (Wildman–Crippen LogP) is 2.68. The minimum absolute atomic E-state index is 0.0612. The summed E-state index contributed by atoms with van der Waals surface area (Å²) in [5.41, 5.74) is 3.34. The van der Waals surface area contributed by atoms with Crippen molar-refractivity contribution >= 4 is 21.4 Å². The standard InChI is InChI=1S/C20H18N2O3S/c1-22-18-7-6-16(10-17(18)20(8-9-20)19(22)23)13-26(24,25)12-15-4-2-14(11-21)3-5-15/h2-7,10H,8-9,12-13H2,1H3. The molecule has 1 saturated carbocycles. The van der Waals surface area contributed by atoms with Gasteiger partial charge in [-0.25, -0.2) is 8.42 Å². The lowest BCUT2D eigenvalue weighted by molar-refractivity contribution is -0.119. The lowest BCUT2D eigenvalue weighted by atomic mass is 9.96. The zero-order chi connectivity index (χ0) is 18.5. The molecule has 1 aliphatic heterocycles. The van der Waals surface area contributed by atoms with Crippen LogP contribution in [-0.4, -0.2) is 21.4 Å². The Labute approximate surface area is 152 Å². The number of fused-ring (bicyclic) bond motifs is 2. The van der Waals surface area contributed by atoms with Crippen molar-refractivity contribution in [1.82, 2.24) is 0 Å². The highest BCUT2D eigenvalue weighted by Crippen LogP contribution is 2.57. The van der Waals surface area contributed by atoms with Crippen molar-refractivity contribution in [3.8, 4) is 6.07 Å². The number of nitriles is 1. The molecule has 6 heteroatoms. The first kappa shape index (κ1) is 16.8. The molecule has 0 unspecified atom stereocenters. The van der Waals surface area contributed by atoms with E-state index >= 15 is 0 Å². The van der Waals surface area contributed by atoms with Gasteiger partial charge < -0.3 is 4.90 Å². The van der Waals surface area contributed by atoms with E-state index in [0.29, 0.717) is 16.7 Å². The number of nitrogens with zero attached hydrogens (tertiary/aromatic N) is 2. The minimum atomic E-state index is -3.35. The summed E-state index contributed by atoms with van der Waals surface area (Å²) < 4.78 is 25.2. The van der Waals surface area contributed by atoms with Gasteiger partial charge in [-0.1, -0.05) is 24.3 Å². The average molecular weight is 366 g/mol. The van der Waals surface area contributed by atoms with Gasteiger partial charge in [0, 0.05) is 12.7 Å². The highest BCUT2D eigenvalue weighted by atomic mass is 32.2. The Morgan fingerprint density at radius 1 is 1.08 bits per heavy atom. The molecule has 4 rings (SSSR count). The maximum atomic E-state index is 12.6. The molecule has 5 nitrogen and oxygen atoms in total. The van der Waals surface area contributed by atoms with Crippen molar-refractivity contribution in [1.29, 1.82) is 5.26 Å². The molecule has 0 bridgehead atoms. The molecule has 1 amide bonds. The van der Waals surface area contributed by atoms with E-state index in [-0.39, 0.29) is 17.4 Å². The predicted molar refractivity (Wildman–Crippen MR) is 98.2 cm³/mol. The third-order valence-electron chi connectivity index (χ3n) is 5.26. The van der Waals surface area contributed by atoms with Gasteiger partial charge >= 0.3 is 0 Å². The van der Waals surface area contributed by atoms with E-state index in [1.807, 2.05) is 18.2 Å². The topological polar surface area (TPSA) is 78.2 Å². The van der Waals surface area contributed by atoms with Gasteiger partial charge in [0.25, 0.3) is 0 Å². The van der Waals surface area contributed by atoms with E-state index < -0.39 is 15.3 Å². The van der Waals surface area contributed by atoms with Gasteiger partial charge in [-0.2, -0.15) is 5.26 Å². The number of hydrogen-bond donors (Lipinski definition) is 0. The van der Waals surface area contributed by atoms with Crippen LogP contribution in [-0.2, 0) is 31.6 Å². The summed E-state index contributed by atoms with van der Waals surface area (Å²) in [6.45, 7) is 0. The smallest absolute Gasteiger partial charge is 0.237 e. The van der Waals surface area contributed by atoms with Crippen LogP contribution in [0.25, 0.3) is 0 Å². The van der Waals surface area contributed by atoms with Gasteiger partial charge in [0.1, 0.15) is 0 Å². The second-order valence-electron chi connectivity index (χ2n) is 7.14. The molecule has 1 spiro atoms. The first-order valence-corrected chi connectivity index (χ1v) is 10.3. The molecule has 0 radical (unpaired) electrons. The van der Waals surface area contributed by atoms with Crippen LogP contribution in [0.2, 0.25) is 0 Å². The van der Waals surface area contributed by atoms with Crippen molar-refractivity contribution in [3.63, 3.8) is 0 Å².